The summed E-state index contributed by atoms with van der Waals surface area (Å²) in [6, 6.07) is 75.3. The summed E-state index contributed by atoms with van der Waals surface area (Å²) in [5.74, 6) is 0. The Morgan fingerprint density at radius 1 is 0.382 bits per heavy atom. The average molecular weight is 719 g/mol. The minimum Gasteiger partial charge on any atom is -0.310 e. The molecule has 0 aliphatic carbocycles. The summed E-state index contributed by atoms with van der Waals surface area (Å²) in [6.07, 6.45) is 0. The maximum absolute atomic E-state index is 2.46. The van der Waals surface area contributed by atoms with Crippen LogP contribution >= 0.6 is 11.3 Å². The number of benzene rings is 9. The van der Waals surface area contributed by atoms with Gasteiger partial charge in [-0.25, -0.2) is 0 Å². The largest absolute Gasteiger partial charge is 0.310 e. The van der Waals surface area contributed by atoms with Crippen LogP contribution in [0.3, 0.4) is 0 Å². The van der Waals surface area contributed by atoms with Gasteiger partial charge in [-0.1, -0.05) is 146 Å². The van der Waals surface area contributed by atoms with Crippen LogP contribution < -0.4 is 4.90 Å². The van der Waals surface area contributed by atoms with Crippen LogP contribution in [0.25, 0.3) is 80.7 Å². The number of thiophene rings is 1. The Bertz CT molecular complexity index is 3170. The van der Waals surface area contributed by atoms with Gasteiger partial charge in [0.25, 0.3) is 0 Å². The van der Waals surface area contributed by atoms with Crippen LogP contribution in [0.1, 0.15) is 0 Å². The minimum atomic E-state index is 1.10. The number of hydrogen-bond donors (Lipinski definition) is 0. The molecular weight excluding hydrogens is 685 g/mol. The summed E-state index contributed by atoms with van der Waals surface area (Å²) >= 11 is 1.86. The fourth-order valence-corrected chi connectivity index (χ4v) is 9.68. The Hall–Kier alpha value is -6.94. The van der Waals surface area contributed by atoms with E-state index >= 15 is 0 Å². The Labute approximate surface area is 323 Å². The highest BCUT2D eigenvalue weighted by molar-refractivity contribution is 7.26. The molecule has 55 heavy (non-hydrogen) atoms. The smallest absolute Gasteiger partial charge is 0.0554 e. The van der Waals surface area contributed by atoms with Gasteiger partial charge in [0.15, 0.2) is 0 Å². The zero-order valence-corrected chi connectivity index (χ0v) is 30.7. The highest BCUT2D eigenvalue weighted by Gasteiger charge is 2.22. The predicted octanol–water partition coefficient (Wildman–Crippen LogP) is 15.1. The average Bonchev–Trinajstić information content (AvgIpc) is 3.80. The number of nitrogens with zero attached hydrogens (tertiary/aromatic N) is 2. The molecule has 0 spiro atoms. The van der Waals surface area contributed by atoms with Crippen molar-refractivity contribution < 1.29 is 0 Å². The van der Waals surface area contributed by atoms with Gasteiger partial charge in [0.05, 0.1) is 22.4 Å². The van der Waals surface area contributed by atoms with Gasteiger partial charge in [-0.3, -0.25) is 0 Å². The number of anilines is 3. The first-order valence-electron chi connectivity index (χ1n) is 18.8. The third kappa shape index (κ3) is 5.16. The first kappa shape index (κ1) is 31.6. The molecule has 0 saturated carbocycles. The predicted molar refractivity (Wildman–Crippen MR) is 237 cm³/mol. The highest BCUT2D eigenvalue weighted by Crippen LogP contribution is 2.47. The minimum absolute atomic E-state index is 1.10. The van der Waals surface area contributed by atoms with Crippen molar-refractivity contribution in [2.24, 2.45) is 0 Å². The van der Waals surface area contributed by atoms with E-state index in [9.17, 15) is 0 Å². The van der Waals surface area contributed by atoms with Gasteiger partial charge in [0.1, 0.15) is 0 Å². The summed E-state index contributed by atoms with van der Waals surface area (Å²) in [5.41, 5.74) is 11.7. The molecule has 2 nitrogen and oxygen atoms in total. The number of rotatable bonds is 6. The summed E-state index contributed by atoms with van der Waals surface area (Å²) in [4.78, 5) is 2.46. The quantitative estimate of drug-likeness (QED) is 0.166. The normalized spacial score (nSPS) is 11.6. The van der Waals surface area contributed by atoms with Crippen molar-refractivity contribution in [3.05, 3.63) is 206 Å². The first-order chi connectivity index (χ1) is 27.3. The number of fused-ring (bicyclic) bond motifs is 7. The molecule has 3 heteroatoms. The second-order valence-electron chi connectivity index (χ2n) is 14.1. The third-order valence-corrected chi connectivity index (χ3v) is 12.1. The molecule has 0 amide bonds. The second-order valence-corrected chi connectivity index (χ2v) is 15.2. The Balaban J connectivity index is 1.19. The molecule has 2 aromatic heterocycles. The molecule has 0 radical (unpaired) electrons. The first-order valence-corrected chi connectivity index (χ1v) is 19.6. The zero-order valence-electron chi connectivity index (χ0n) is 29.9. The number of aromatic nitrogens is 1. The lowest BCUT2D eigenvalue weighted by Crippen LogP contribution is -2.10. The molecule has 0 unspecified atom stereocenters. The van der Waals surface area contributed by atoms with Crippen LogP contribution in [0.5, 0.6) is 0 Å². The highest BCUT2D eigenvalue weighted by atomic mass is 32.1. The van der Waals surface area contributed by atoms with Crippen LogP contribution in [0, 0.1) is 0 Å². The van der Waals surface area contributed by atoms with Gasteiger partial charge >= 0.3 is 0 Å². The van der Waals surface area contributed by atoms with Crippen molar-refractivity contribution in [2.75, 3.05) is 4.90 Å². The van der Waals surface area contributed by atoms with Crippen LogP contribution in [0.2, 0.25) is 0 Å². The van der Waals surface area contributed by atoms with E-state index < -0.39 is 0 Å². The topological polar surface area (TPSA) is 8.17 Å². The van der Waals surface area contributed by atoms with E-state index in [0.29, 0.717) is 0 Å². The Morgan fingerprint density at radius 3 is 1.71 bits per heavy atom. The van der Waals surface area contributed by atoms with Crippen LogP contribution in [-0.4, -0.2) is 4.57 Å². The molecule has 0 fully saturated rings. The lowest BCUT2D eigenvalue weighted by Gasteiger charge is -2.28. The molecule has 0 aliphatic rings. The zero-order chi connectivity index (χ0) is 36.3. The molecule has 11 aromatic rings. The van der Waals surface area contributed by atoms with Gasteiger partial charge in [0, 0.05) is 47.9 Å². The third-order valence-electron chi connectivity index (χ3n) is 11.0. The summed E-state index contributed by atoms with van der Waals surface area (Å²) < 4.78 is 5.03. The maximum Gasteiger partial charge on any atom is 0.0554 e. The van der Waals surface area contributed by atoms with Crippen LogP contribution in [-0.2, 0) is 0 Å². The number of para-hydroxylation sites is 2. The Morgan fingerprint density at radius 2 is 0.945 bits per heavy atom. The SMILES string of the molecule is c1ccc(-c2cccc(N(c3cccc(-c4c(-n5c6ccccc6c6ccccc65)ccc5ccccc45)c3)c3cccc4sc5ccccc5c34)c2)cc1. The van der Waals surface area contributed by atoms with Gasteiger partial charge in [-0.15, -0.1) is 11.3 Å². The van der Waals surface area contributed by atoms with E-state index in [2.05, 4.69) is 216 Å². The molecule has 258 valence electrons. The van der Waals surface area contributed by atoms with Gasteiger partial charge in [-0.05, 0) is 88.1 Å². The number of hydrogen-bond acceptors (Lipinski definition) is 2. The molecule has 0 aliphatic heterocycles. The maximum atomic E-state index is 2.46. The molecule has 11 rings (SSSR count). The molecular formula is C52H34N2S. The van der Waals surface area contributed by atoms with Crippen molar-refractivity contribution in [1.29, 1.82) is 0 Å². The monoisotopic (exact) mass is 718 g/mol. The lowest BCUT2D eigenvalue weighted by molar-refractivity contribution is 1.19. The Kier molecular flexibility index (Phi) is 7.39. The van der Waals surface area contributed by atoms with Crippen molar-refractivity contribution >= 4 is 81.1 Å². The molecule has 0 atom stereocenters. The summed E-state index contributed by atoms with van der Waals surface area (Å²) in [7, 11) is 0. The van der Waals surface area contributed by atoms with E-state index in [1.807, 2.05) is 11.3 Å². The fraction of sp³-hybridized carbons (Fsp3) is 0. The van der Waals surface area contributed by atoms with E-state index in [1.165, 1.54) is 69.4 Å². The molecule has 0 N–H and O–H groups in total. The van der Waals surface area contributed by atoms with Gasteiger partial charge < -0.3 is 9.47 Å². The van der Waals surface area contributed by atoms with Gasteiger partial charge in [0.2, 0.25) is 0 Å². The van der Waals surface area contributed by atoms with Gasteiger partial charge in [-0.2, -0.15) is 0 Å². The van der Waals surface area contributed by atoms with Crippen LogP contribution in [0.4, 0.5) is 17.1 Å². The molecule has 0 bridgehead atoms. The van der Waals surface area contributed by atoms with Crippen molar-refractivity contribution in [1.82, 2.24) is 4.57 Å². The molecule has 9 aromatic carbocycles. The molecule has 2 heterocycles. The van der Waals surface area contributed by atoms with E-state index in [-0.39, 0.29) is 0 Å². The fourth-order valence-electron chi connectivity index (χ4n) is 8.56. The standard InChI is InChI=1S/C52H34N2S/c1-2-15-35(16-3-1)37-18-12-20-39(33-37)53(47-28-14-30-50-52(47)44-25-8-11-29-49(44)55-50)40-21-13-19-38(34-40)51-41-22-5-4-17-36(41)31-32-48(51)54-45-26-9-6-23-42(45)43-24-7-10-27-46(43)54/h1-34H. The van der Waals surface area contributed by atoms with E-state index in [0.717, 1.165) is 28.3 Å². The van der Waals surface area contributed by atoms with Crippen molar-refractivity contribution in [3.8, 4) is 27.9 Å². The van der Waals surface area contributed by atoms with Crippen LogP contribution in [0.15, 0.2) is 206 Å². The van der Waals surface area contributed by atoms with E-state index in [4.69, 9.17) is 0 Å². The summed E-state index contributed by atoms with van der Waals surface area (Å²) in [6.45, 7) is 0. The van der Waals surface area contributed by atoms with E-state index in [1.54, 1.807) is 0 Å². The lowest BCUT2D eigenvalue weighted by atomic mass is 9.95. The summed E-state index contributed by atoms with van der Waals surface area (Å²) in [5, 5.41) is 7.51. The van der Waals surface area contributed by atoms with Crippen molar-refractivity contribution in [2.45, 2.75) is 0 Å². The molecule has 0 saturated heterocycles. The van der Waals surface area contributed by atoms with Crippen molar-refractivity contribution in [3.63, 3.8) is 0 Å². The second kappa shape index (κ2) is 12.9.